The van der Waals surface area contributed by atoms with Crippen molar-refractivity contribution >= 4 is 41.5 Å². The van der Waals surface area contributed by atoms with E-state index in [1.54, 1.807) is 0 Å². The molecule has 6 heteroatoms. The first-order valence-corrected chi connectivity index (χ1v) is 11.0. The molecule has 4 nitrogen and oxygen atoms in total. The van der Waals surface area contributed by atoms with Crippen LogP contribution in [0.2, 0.25) is 0 Å². The van der Waals surface area contributed by atoms with E-state index in [0.717, 1.165) is 39.4 Å². The number of ether oxygens (including phenoxy) is 1. The summed E-state index contributed by atoms with van der Waals surface area (Å²) in [6.45, 7) is 12.7. The predicted molar refractivity (Wildman–Crippen MR) is 139 cm³/mol. The van der Waals surface area contributed by atoms with Crippen LogP contribution in [0.15, 0.2) is 60.8 Å². The van der Waals surface area contributed by atoms with Crippen LogP contribution in [-0.2, 0) is 16.7 Å². The number of para-hydroxylation sites is 2. The molecule has 2 aromatic heterocycles. The van der Waals surface area contributed by atoms with Crippen LogP contribution in [-0.4, -0.2) is 46.7 Å². The molecule has 0 unspecified atom stereocenters. The third-order valence-corrected chi connectivity index (χ3v) is 6.28. The van der Waals surface area contributed by atoms with Crippen molar-refractivity contribution in [3.63, 3.8) is 0 Å². The maximum atomic E-state index is 5.54. The van der Waals surface area contributed by atoms with Crippen molar-refractivity contribution in [2.24, 2.45) is 0 Å². The van der Waals surface area contributed by atoms with Gasteiger partial charge in [0.25, 0.3) is 0 Å². The molecule has 5 rings (SSSR count). The number of nitrogens with zero attached hydrogens (tertiary/aromatic N) is 3. The fourth-order valence-electron chi connectivity index (χ4n) is 4.71. The van der Waals surface area contributed by atoms with Gasteiger partial charge in [0.1, 0.15) is 5.65 Å². The van der Waals surface area contributed by atoms with Gasteiger partial charge in [0, 0.05) is 37.9 Å². The van der Waals surface area contributed by atoms with Crippen molar-refractivity contribution in [3.8, 4) is 11.1 Å². The van der Waals surface area contributed by atoms with Crippen LogP contribution < -0.4 is 0 Å². The highest BCUT2D eigenvalue weighted by atomic mass is 35.5. The molecule has 2 aromatic carbocycles. The molecule has 1 fully saturated rings. The van der Waals surface area contributed by atoms with E-state index in [1.165, 1.54) is 33.4 Å². The summed E-state index contributed by atoms with van der Waals surface area (Å²) in [6, 6.07) is 19.7. The van der Waals surface area contributed by atoms with E-state index in [0.29, 0.717) is 0 Å². The van der Waals surface area contributed by atoms with Crippen LogP contribution in [0.25, 0.3) is 27.8 Å². The van der Waals surface area contributed by atoms with E-state index in [1.807, 2.05) is 0 Å². The highest BCUT2D eigenvalue weighted by Crippen LogP contribution is 2.40. The molecule has 0 saturated carbocycles. The largest absolute Gasteiger partial charge is 0.379 e. The zero-order chi connectivity index (χ0) is 20.7. The van der Waals surface area contributed by atoms with Crippen molar-refractivity contribution in [2.45, 2.75) is 32.7 Å². The first kappa shape index (κ1) is 24.7. The summed E-state index contributed by atoms with van der Waals surface area (Å²) in [5.74, 6) is 0. The van der Waals surface area contributed by atoms with Crippen molar-refractivity contribution in [1.82, 2.24) is 13.9 Å². The molecule has 32 heavy (non-hydrogen) atoms. The zero-order valence-corrected chi connectivity index (χ0v) is 20.7. The fraction of sp³-hybridized carbons (Fsp3) is 0.385. The van der Waals surface area contributed by atoms with Crippen molar-refractivity contribution in [1.29, 1.82) is 0 Å². The number of hydrogen-bond acceptors (Lipinski definition) is 2. The van der Waals surface area contributed by atoms with Gasteiger partial charge in [-0.1, -0.05) is 63.2 Å². The topological polar surface area (TPSA) is 21.8 Å². The van der Waals surface area contributed by atoms with Gasteiger partial charge in [-0.2, -0.15) is 0 Å². The van der Waals surface area contributed by atoms with E-state index in [2.05, 4.69) is 95.4 Å². The summed E-state index contributed by atoms with van der Waals surface area (Å²) in [4.78, 5) is 2.52. The summed E-state index contributed by atoms with van der Waals surface area (Å²) in [6.07, 6.45) is 2.37. The Balaban J connectivity index is 0.00000144. The van der Waals surface area contributed by atoms with Gasteiger partial charge in [0.05, 0.1) is 24.2 Å². The second-order valence-electron chi connectivity index (χ2n) is 9.32. The monoisotopic (exact) mass is 473 g/mol. The number of halogens is 2. The van der Waals surface area contributed by atoms with Crippen LogP contribution in [0, 0.1) is 0 Å². The van der Waals surface area contributed by atoms with Gasteiger partial charge >= 0.3 is 0 Å². The Morgan fingerprint density at radius 2 is 1.44 bits per heavy atom. The summed E-state index contributed by atoms with van der Waals surface area (Å²) in [7, 11) is 0. The van der Waals surface area contributed by atoms with Crippen molar-refractivity contribution in [2.75, 3.05) is 32.8 Å². The lowest BCUT2D eigenvalue weighted by atomic mass is 9.84. The SMILES string of the molecule is CC(C)(C)c1cn2c3ccccc3n(CCN3CCOCC3)c2c1-c1ccccc1.Cl.Cl. The average molecular weight is 474 g/mol. The number of benzene rings is 2. The van der Waals surface area contributed by atoms with Crippen LogP contribution in [0.4, 0.5) is 0 Å². The van der Waals surface area contributed by atoms with Gasteiger partial charge in [-0.3, -0.25) is 4.90 Å². The smallest absolute Gasteiger partial charge is 0.126 e. The molecular formula is C26H33Cl2N3O. The first-order valence-electron chi connectivity index (χ1n) is 11.0. The van der Waals surface area contributed by atoms with Gasteiger partial charge in [-0.05, 0) is 28.7 Å². The van der Waals surface area contributed by atoms with E-state index >= 15 is 0 Å². The van der Waals surface area contributed by atoms with Gasteiger partial charge < -0.3 is 13.7 Å². The van der Waals surface area contributed by atoms with E-state index in [9.17, 15) is 0 Å². The van der Waals surface area contributed by atoms with E-state index in [-0.39, 0.29) is 30.2 Å². The molecule has 0 amide bonds. The molecule has 0 spiro atoms. The minimum atomic E-state index is 0. The molecule has 0 radical (unpaired) electrons. The second-order valence-corrected chi connectivity index (χ2v) is 9.32. The van der Waals surface area contributed by atoms with Crippen LogP contribution in [0.3, 0.4) is 0 Å². The Kier molecular flexibility index (Phi) is 7.61. The Hall–Kier alpha value is -1.98. The Morgan fingerprint density at radius 1 is 0.812 bits per heavy atom. The molecule has 0 N–H and O–H groups in total. The normalized spacial score (nSPS) is 15.0. The third-order valence-electron chi connectivity index (χ3n) is 6.28. The lowest BCUT2D eigenvalue weighted by Crippen LogP contribution is -2.38. The van der Waals surface area contributed by atoms with E-state index < -0.39 is 0 Å². The molecule has 3 heterocycles. The number of aromatic nitrogens is 2. The zero-order valence-electron chi connectivity index (χ0n) is 19.1. The minimum absolute atomic E-state index is 0. The lowest BCUT2D eigenvalue weighted by molar-refractivity contribution is 0.0366. The van der Waals surface area contributed by atoms with Crippen LogP contribution >= 0.6 is 24.8 Å². The van der Waals surface area contributed by atoms with Gasteiger partial charge in [-0.15, -0.1) is 24.8 Å². The van der Waals surface area contributed by atoms with Gasteiger partial charge in [-0.25, -0.2) is 0 Å². The minimum Gasteiger partial charge on any atom is -0.379 e. The Bertz CT molecular complexity index is 1170. The lowest BCUT2D eigenvalue weighted by Gasteiger charge is -2.27. The average Bonchev–Trinajstić information content (AvgIpc) is 3.29. The highest BCUT2D eigenvalue weighted by Gasteiger charge is 2.26. The summed E-state index contributed by atoms with van der Waals surface area (Å²) < 4.78 is 10.5. The summed E-state index contributed by atoms with van der Waals surface area (Å²) >= 11 is 0. The summed E-state index contributed by atoms with van der Waals surface area (Å²) in [5, 5.41) is 0. The fourth-order valence-corrected chi connectivity index (χ4v) is 4.71. The molecule has 172 valence electrons. The van der Waals surface area contributed by atoms with Gasteiger partial charge in [0.15, 0.2) is 0 Å². The van der Waals surface area contributed by atoms with Crippen LogP contribution in [0.1, 0.15) is 26.3 Å². The maximum Gasteiger partial charge on any atom is 0.126 e. The second kappa shape index (κ2) is 9.88. The predicted octanol–water partition coefficient (Wildman–Crippen LogP) is 6.03. The highest BCUT2D eigenvalue weighted by molar-refractivity contribution is 5.92. The standard InChI is InChI=1S/C26H31N3O.2ClH/c1-26(2,3)21-19-29-23-12-8-7-11-22(23)28(14-13-27-15-17-30-18-16-27)25(29)24(21)20-9-5-4-6-10-20;;/h4-12,19H,13-18H2,1-3H3;2*1H. The molecule has 1 saturated heterocycles. The quantitative estimate of drug-likeness (QED) is 0.360. The number of rotatable bonds is 4. The molecular weight excluding hydrogens is 441 g/mol. The van der Waals surface area contributed by atoms with E-state index in [4.69, 9.17) is 4.74 Å². The Labute approximate surface area is 203 Å². The number of hydrogen-bond donors (Lipinski definition) is 0. The molecule has 1 aliphatic heterocycles. The number of morpholine rings is 1. The van der Waals surface area contributed by atoms with Crippen molar-refractivity contribution < 1.29 is 4.74 Å². The summed E-state index contributed by atoms with van der Waals surface area (Å²) in [5.41, 5.74) is 8.00. The Morgan fingerprint density at radius 3 is 2.09 bits per heavy atom. The molecule has 0 aliphatic carbocycles. The molecule has 0 bridgehead atoms. The van der Waals surface area contributed by atoms with Gasteiger partial charge in [0.2, 0.25) is 0 Å². The third kappa shape index (κ3) is 4.42. The maximum absolute atomic E-state index is 5.54. The van der Waals surface area contributed by atoms with Crippen LogP contribution in [0.5, 0.6) is 0 Å². The number of fused-ring (bicyclic) bond motifs is 3. The molecule has 1 aliphatic rings. The molecule has 4 aromatic rings. The van der Waals surface area contributed by atoms with Crippen molar-refractivity contribution in [3.05, 3.63) is 66.4 Å². The number of imidazole rings is 1. The first-order chi connectivity index (χ1) is 14.5. The molecule has 0 atom stereocenters.